The zero-order valence-corrected chi connectivity index (χ0v) is 7.28. The van der Waals surface area contributed by atoms with Crippen molar-refractivity contribution in [2.24, 2.45) is 0 Å². The Labute approximate surface area is 79.9 Å². The van der Waals surface area contributed by atoms with E-state index in [2.05, 4.69) is 11.2 Å². The molecule has 74 valence electrons. The van der Waals surface area contributed by atoms with E-state index in [-0.39, 0.29) is 5.69 Å². The molecule has 1 nitrogen and oxygen atoms in total. The number of halogens is 3. The fraction of sp³-hybridized carbons (Fsp3) is 0.200. The monoisotopic (exact) mass is 199 g/mol. The Morgan fingerprint density at radius 2 is 1.79 bits per heavy atom. The molecule has 1 aromatic rings. The SMILES string of the molecule is C#CCCNc1cc(F)c(F)cc1F. The van der Waals surface area contributed by atoms with Crippen LogP contribution in [0.25, 0.3) is 0 Å². The van der Waals surface area contributed by atoms with Crippen molar-refractivity contribution < 1.29 is 13.2 Å². The second-order valence-corrected chi connectivity index (χ2v) is 2.63. The lowest BCUT2D eigenvalue weighted by Crippen LogP contribution is -2.03. The van der Waals surface area contributed by atoms with Crippen LogP contribution in [0.4, 0.5) is 18.9 Å². The normalized spacial score (nSPS) is 9.57. The maximum atomic E-state index is 12.9. The van der Waals surface area contributed by atoms with Gasteiger partial charge in [0.2, 0.25) is 0 Å². The molecule has 1 N–H and O–H groups in total. The van der Waals surface area contributed by atoms with Crippen molar-refractivity contribution in [3.63, 3.8) is 0 Å². The van der Waals surface area contributed by atoms with Gasteiger partial charge in [0.1, 0.15) is 5.82 Å². The molecule has 0 aliphatic rings. The molecule has 4 heteroatoms. The van der Waals surface area contributed by atoms with Crippen LogP contribution >= 0.6 is 0 Å². The van der Waals surface area contributed by atoms with Crippen molar-refractivity contribution in [1.82, 2.24) is 0 Å². The van der Waals surface area contributed by atoms with Gasteiger partial charge < -0.3 is 5.32 Å². The van der Waals surface area contributed by atoms with Gasteiger partial charge in [-0.15, -0.1) is 12.3 Å². The molecule has 1 rings (SSSR count). The maximum absolute atomic E-state index is 12.9. The number of terminal acetylenes is 1. The van der Waals surface area contributed by atoms with E-state index in [0.717, 1.165) is 6.07 Å². The van der Waals surface area contributed by atoms with Crippen LogP contribution in [0.3, 0.4) is 0 Å². The Hall–Kier alpha value is -1.63. The number of nitrogens with one attached hydrogen (secondary N) is 1. The Morgan fingerprint density at radius 3 is 2.43 bits per heavy atom. The Morgan fingerprint density at radius 1 is 1.14 bits per heavy atom. The molecular weight excluding hydrogens is 191 g/mol. The lowest BCUT2D eigenvalue weighted by atomic mass is 10.2. The van der Waals surface area contributed by atoms with Crippen LogP contribution in [0, 0.1) is 29.8 Å². The van der Waals surface area contributed by atoms with E-state index in [1.165, 1.54) is 0 Å². The molecule has 0 aliphatic carbocycles. The van der Waals surface area contributed by atoms with E-state index in [0.29, 0.717) is 19.0 Å². The summed E-state index contributed by atoms with van der Waals surface area (Å²) in [4.78, 5) is 0. The first-order valence-corrected chi connectivity index (χ1v) is 3.97. The van der Waals surface area contributed by atoms with Gasteiger partial charge in [0, 0.05) is 25.1 Å². The quantitative estimate of drug-likeness (QED) is 0.448. The minimum absolute atomic E-state index is 0.0841. The highest BCUT2D eigenvalue weighted by molar-refractivity contribution is 5.45. The standard InChI is InChI=1S/C10H8F3N/c1-2-3-4-14-10-6-8(12)7(11)5-9(10)13/h1,5-6,14H,3-4H2. The predicted molar refractivity (Wildman–Crippen MR) is 48.3 cm³/mol. The summed E-state index contributed by atoms with van der Waals surface area (Å²) in [7, 11) is 0. The Kier molecular flexibility index (Phi) is 3.41. The maximum Gasteiger partial charge on any atom is 0.161 e. The van der Waals surface area contributed by atoms with Gasteiger partial charge in [-0.2, -0.15) is 0 Å². The fourth-order valence-electron chi connectivity index (χ4n) is 0.927. The van der Waals surface area contributed by atoms with Crippen molar-refractivity contribution in [3.05, 3.63) is 29.6 Å². The zero-order valence-electron chi connectivity index (χ0n) is 7.28. The molecular formula is C10H8F3N. The van der Waals surface area contributed by atoms with Gasteiger partial charge in [0.15, 0.2) is 11.6 Å². The molecule has 14 heavy (non-hydrogen) atoms. The second-order valence-electron chi connectivity index (χ2n) is 2.63. The number of rotatable bonds is 3. The van der Waals surface area contributed by atoms with Crippen LogP contribution in [-0.2, 0) is 0 Å². The molecule has 0 unspecified atom stereocenters. The second kappa shape index (κ2) is 4.56. The number of hydrogen-bond acceptors (Lipinski definition) is 1. The summed E-state index contributed by atoms with van der Waals surface area (Å²) in [6, 6.07) is 1.26. The molecule has 0 saturated heterocycles. The van der Waals surface area contributed by atoms with Crippen LogP contribution < -0.4 is 5.32 Å². The van der Waals surface area contributed by atoms with Crippen molar-refractivity contribution in [2.75, 3.05) is 11.9 Å². The molecule has 0 saturated carbocycles. The van der Waals surface area contributed by atoms with Crippen LogP contribution in [0.1, 0.15) is 6.42 Å². The largest absolute Gasteiger partial charge is 0.382 e. The van der Waals surface area contributed by atoms with Gasteiger partial charge in [-0.3, -0.25) is 0 Å². The number of anilines is 1. The van der Waals surface area contributed by atoms with Gasteiger partial charge in [0.05, 0.1) is 5.69 Å². The van der Waals surface area contributed by atoms with Gasteiger partial charge in [-0.05, 0) is 0 Å². The Balaban J connectivity index is 2.78. The molecule has 0 atom stereocenters. The molecule has 0 heterocycles. The third-order valence-electron chi connectivity index (χ3n) is 1.59. The third kappa shape index (κ3) is 2.43. The van der Waals surface area contributed by atoms with Gasteiger partial charge >= 0.3 is 0 Å². The summed E-state index contributed by atoms with van der Waals surface area (Å²) in [5.41, 5.74) is -0.0841. The minimum Gasteiger partial charge on any atom is -0.382 e. The molecule has 0 bridgehead atoms. The van der Waals surface area contributed by atoms with E-state index in [1.807, 2.05) is 0 Å². The van der Waals surface area contributed by atoms with Crippen molar-refractivity contribution in [1.29, 1.82) is 0 Å². The topological polar surface area (TPSA) is 12.0 Å². The summed E-state index contributed by atoms with van der Waals surface area (Å²) >= 11 is 0. The van der Waals surface area contributed by atoms with Gasteiger partial charge in [-0.25, -0.2) is 13.2 Å². The van der Waals surface area contributed by atoms with Crippen molar-refractivity contribution in [2.45, 2.75) is 6.42 Å². The smallest absolute Gasteiger partial charge is 0.161 e. The first-order chi connectivity index (χ1) is 6.65. The third-order valence-corrected chi connectivity index (χ3v) is 1.59. The highest BCUT2D eigenvalue weighted by Crippen LogP contribution is 2.17. The van der Waals surface area contributed by atoms with E-state index < -0.39 is 17.5 Å². The molecule has 0 fully saturated rings. The van der Waals surface area contributed by atoms with E-state index in [1.54, 1.807) is 0 Å². The summed E-state index contributed by atoms with van der Waals surface area (Å²) < 4.78 is 38.1. The molecule has 0 aliphatic heterocycles. The van der Waals surface area contributed by atoms with E-state index in [9.17, 15) is 13.2 Å². The van der Waals surface area contributed by atoms with Gasteiger partial charge in [0.25, 0.3) is 0 Å². The molecule has 0 amide bonds. The summed E-state index contributed by atoms with van der Waals surface area (Å²) in [6.07, 6.45) is 5.35. The Bertz CT molecular complexity index is 368. The van der Waals surface area contributed by atoms with Gasteiger partial charge in [-0.1, -0.05) is 0 Å². The minimum atomic E-state index is -1.20. The molecule has 0 radical (unpaired) electrons. The summed E-state index contributed by atoms with van der Waals surface area (Å²) in [5, 5.41) is 2.56. The van der Waals surface area contributed by atoms with Crippen molar-refractivity contribution in [3.8, 4) is 12.3 Å². The highest BCUT2D eigenvalue weighted by atomic mass is 19.2. The number of hydrogen-bond donors (Lipinski definition) is 1. The van der Waals surface area contributed by atoms with E-state index >= 15 is 0 Å². The molecule has 0 aromatic heterocycles. The average Bonchev–Trinajstić information content (AvgIpc) is 2.14. The fourth-order valence-corrected chi connectivity index (χ4v) is 0.927. The number of benzene rings is 1. The summed E-state index contributed by atoms with van der Waals surface area (Å²) in [6.45, 7) is 0.318. The molecule has 1 aromatic carbocycles. The van der Waals surface area contributed by atoms with Crippen LogP contribution in [0.15, 0.2) is 12.1 Å². The predicted octanol–water partition coefficient (Wildman–Crippen LogP) is 2.54. The zero-order chi connectivity index (χ0) is 10.6. The van der Waals surface area contributed by atoms with Crippen LogP contribution in [0.2, 0.25) is 0 Å². The lowest BCUT2D eigenvalue weighted by molar-refractivity contribution is 0.496. The first kappa shape index (κ1) is 10.5. The van der Waals surface area contributed by atoms with E-state index in [4.69, 9.17) is 6.42 Å². The first-order valence-electron chi connectivity index (χ1n) is 3.97. The molecule has 0 spiro atoms. The average molecular weight is 199 g/mol. The van der Waals surface area contributed by atoms with Crippen LogP contribution in [-0.4, -0.2) is 6.54 Å². The van der Waals surface area contributed by atoms with Crippen molar-refractivity contribution >= 4 is 5.69 Å². The van der Waals surface area contributed by atoms with Crippen LogP contribution in [0.5, 0.6) is 0 Å². The lowest BCUT2D eigenvalue weighted by Gasteiger charge is -2.05. The highest BCUT2D eigenvalue weighted by Gasteiger charge is 2.08. The summed E-state index contributed by atoms with van der Waals surface area (Å²) in [5.74, 6) is -0.794.